The minimum atomic E-state index is -4.48. The zero-order valence-electron chi connectivity index (χ0n) is 14.6. The van der Waals surface area contributed by atoms with E-state index in [0.29, 0.717) is 0 Å². The third-order valence-corrected chi connectivity index (χ3v) is 3.43. The van der Waals surface area contributed by atoms with Gasteiger partial charge in [0.05, 0.1) is 12.7 Å². The van der Waals surface area contributed by atoms with E-state index in [-0.39, 0.29) is 30.9 Å². The Kier molecular flexibility index (Phi) is 7.12. The maximum atomic E-state index is 12.8. The van der Waals surface area contributed by atoms with Gasteiger partial charge >= 0.3 is 12.3 Å². The molecule has 0 radical (unpaired) electrons. The second-order valence-electron chi connectivity index (χ2n) is 5.49. The van der Waals surface area contributed by atoms with Gasteiger partial charge in [-0.3, -0.25) is 0 Å². The van der Waals surface area contributed by atoms with E-state index in [2.05, 4.69) is 17.2 Å². The zero-order chi connectivity index (χ0) is 19.7. The standard InChI is InChI=1S/C20H18F3NO3/c1-26-18-12-16(11-17(13-18)20(21,22)23)9-5-6-10-24-19(25)27-14-15-7-3-2-4-8-15/h2-4,7-8,11-13H,6,10,14H2,1H3,(H,24,25). The minimum Gasteiger partial charge on any atom is -0.497 e. The van der Waals surface area contributed by atoms with Crippen LogP contribution in [-0.4, -0.2) is 19.7 Å². The minimum absolute atomic E-state index is 0.0803. The Morgan fingerprint density at radius 1 is 1.15 bits per heavy atom. The number of rotatable bonds is 5. The maximum absolute atomic E-state index is 12.8. The molecule has 0 saturated carbocycles. The Balaban J connectivity index is 1.82. The van der Waals surface area contributed by atoms with Crippen molar-refractivity contribution in [3.05, 3.63) is 65.2 Å². The number of halogens is 3. The Morgan fingerprint density at radius 3 is 2.56 bits per heavy atom. The first-order valence-electron chi connectivity index (χ1n) is 8.08. The molecule has 2 aromatic carbocycles. The molecule has 0 spiro atoms. The molecule has 0 aromatic heterocycles. The molecule has 4 nitrogen and oxygen atoms in total. The first-order chi connectivity index (χ1) is 12.9. The smallest absolute Gasteiger partial charge is 0.416 e. The molecule has 0 unspecified atom stereocenters. The quantitative estimate of drug-likeness (QED) is 0.621. The first-order valence-corrected chi connectivity index (χ1v) is 8.08. The average molecular weight is 377 g/mol. The Hall–Kier alpha value is -3.14. The van der Waals surface area contributed by atoms with E-state index in [1.807, 2.05) is 30.3 Å². The molecule has 2 rings (SSSR count). The van der Waals surface area contributed by atoms with Gasteiger partial charge in [0, 0.05) is 18.5 Å². The number of hydrogen-bond donors (Lipinski definition) is 1. The summed E-state index contributed by atoms with van der Waals surface area (Å²) in [6, 6.07) is 12.5. The van der Waals surface area contributed by atoms with Crippen LogP contribution in [0.5, 0.6) is 5.75 Å². The van der Waals surface area contributed by atoms with E-state index < -0.39 is 17.8 Å². The summed E-state index contributed by atoms with van der Waals surface area (Å²) < 4.78 is 48.4. The van der Waals surface area contributed by atoms with Crippen LogP contribution >= 0.6 is 0 Å². The molecule has 0 aliphatic heterocycles. The van der Waals surface area contributed by atoms with Gasteiger partial charge in [-0.05, 0) is 23.8 Å². The molecule has 0 aliphatic rings. The number of ether oxygens (including phenoxy) is 2. The van der Waals surface area contributed by atoms with Crippen LogP contribution in [0.4, 0.5) is 18.0 Å². The van der Waals surface area contributed by atoms with Crippen LogP contribution in [0.3, 0.4) is 0 Å². The van der Waals surface area contributed by atoms with E-state index >= 15 is 0 Å². The normalized spacial score (nSPS) is 10.5. The predicted molar refractivity (Wildman–Crippen MR) is 94.1 cm³/mol. The van der Waals surface area contributed by atoms with Crippen LogP contribution in [0, 0.1) is 11.8 Å². The number of carbonyl (C=O) groups excluding carboxylic acids is 1. The summed E-state index contributed by atoms with van der Waals surface area (Å²) in [6.07, 6.45) is -4.80. The van der Waals surface area contributed by atoms with Crippen molar-refractivity contribution in [1.82, 2.24) is 5.32 Å². The van der Waals surface area contributed by atoms with Gasteiger partial charge < -0.3 is 14.8 Å². The summed E-state index contributed by atoms with van der Waals surface area (Å²) in [5.74, 6) is 5.44. The van der Waals surface area contributed by atoms with Gasteiger partial charge in [-0.15, -0.1) is 0 Å². The molecule has 2 aromatic rings. The summed E-state index contributed by atoms with van der Waals surface area (Å²) in [4.78, 5) is 11.6. The lowest BCUT2D eigenvalue weighted by Gasteiger charge is -2.09. The third-order valence-electron chi connectivity index (χ3n) is 3.43. The zero-order valence-corrected chi connectivity index (χ0v) is 14.6. The van der Waals surface area contributed by atoms with Gasteiger partial charge in [0.1, 0.15) is 12.4 Å². The number of methoxy groups -OCH3 is 1. The van der Waals surface area contributed by atoms with Gasteiger partial charge in [0.2, 0.25) is 0 Å². The highest BCUT2D eigenvalue weighted by atomic mass is 19.4. The second kappa shape index (κ2) is 9.53. The van der Waals surface area contributed by atoms with Crippen LogP contribution in [-0.2, 0) is 17.5 Å². The summed E-state index contributed by atoms with van der Waals surface area (Å²) in [5, 5.41) is 2.53. The van der Waals surface area contributed by atoms with Gasteiger partial charge in [0.25, 0.3) is 0 Å². The lowest BCUT2D eigenvalue weighted by atomic mass is 10.1. The van der Waals surface area contributed by atoms with Crippen LogP contribution in [0.1, 0.15) is 23.1 Å². The van der Waals surface area contributed by atoms with Crippen molar-refractivity contribution < 1.29 is 27.4 Å². The fourth-order valence-corrected chi connectivity index (χ4v) is 2.12. The summed E-state index contributed by atoms with van der Waals surface area (Å²) >= 11 is 0. The molecule has 1 N–H and O–H groups in total. The number of hydrogen-bond acceptors (Lipinski definition) is 3. The highest BCUT2D eigenvalue weighted by Crippen LogP contribution is 2.32. The van der Waals surface area contributed by atoms with E-state index in [4.69, 9.17) is 9.47 Å². The molecule has 7 heteroatoms. The van der Waals surface area contributed by atoms with Crippen molar-refractivity contribution in [2.24, 2.45) is 0 Å². The molecule has 142 valence electrons. The molecular formula is C20H18F3NO3. The largest absolute Gasteiger partial charge is 0.497 e. The summed E-state index contributed by atoms with van der Waals surface area (Å²) in [6.45, 7) is 0.374. The Bertz CT molecular complexity index is 824. The lowest BCUT2D eigenvalue weighted by molar-refractivity contribution is -0.137. The van der Waals surface area contributed by atoms with Crippen molar-refractivity contribution >= 4 is 6.09 Å². The highest BCUT2D eigenvalue weighted by Gasteiger charge is 2.31. The number of carbonyl (C=O) groups is 1. The fourth-order valence-electron chi connectivity index (χ4n) is 2.12. The van der Waals surface area contributed by atoms with E-state index in [1.54, 1.807) is 0 Å². The van der Waals surface area contributed by atoms with Crippen molar-refractivity contribution in [3.8, 4) is 17.6 Å². The Labute approximate surface area is 155 Å². The number of nitrogens with one attached hydrogen (secondary N) is 1. The summed E-state index contributed by atoms with van der Waals surface area (Å²) in [7, 11) is 1.29. The topological polar surface area (TPSA) is 47.6 Å². The molecule has 0 bridgehead atoms. The SMILES string of the molecule is COc1cc(C#CCCNC(=O)OCc2ccccc2)cc(C(F)(F)F)c1. The van der Waals surface area contributed by atoms with Crippen molar-refractivity contribution in [3.63, 3.8) is 0 Å². The van der Waals surface area contributed by atoms with Crippen LogP contribution in [0.2, 0.25) is 0 Å². The maximum Gasteiger partial charge on any atom is 0.416 e. The van der Waals surface area contributed by atoms with Gasteiger partial charge in [-0.25, -0.2) is 4.79 Å². The number of benzene rings is 2. The highest BCUT2D eigenvalue weighted by molar-refractivity contribution is 5.67. The second-order valence-corrected chi connectivity index (χ2v) is 5.49. The van der Waals surface area contributed by atoms with Gasteiger partial charge in [0.15, 0.2) is 0 Å². The number of amides is 1. The van der Waals surface area contributed by atoms with Crippen molar-refractivity contribution in [2.45, 2.75) is 19.2 Å². The average Bonchev–Trinajstić information content (AvgIpc) is 2.66. The fraction of sp³-hybridized carbons (Fsp3) is 0.250. The predicted octanol–water partition coefficient (Wildman–Crippen LogP) is 4.38. The molecule has 0 fully saturated rings. The van der Waals surface area contributed by atoms with Crippen LogP contribution in [0.25, 0.3) is 0 Å². The van der Waals surface area contributed by atoms with Crippen molar-refractivity contribution in [1.29, 1.82) is 0 Å². The molecule has 0 aliphatic carbocycles. The van der Waals surface area contributed by atoms with Crippen molar-refractivity contribution in [2.75, 3.05) is 13.7 Å². The third kappa shape index (κ3) is 6.94. The van der Waals surface area contributed by atoms with E-state index in [0.717, 1.165) is 17.7 Å². The first kappa shape index (κ1) is 20.2. The van der Waals surface area contributed by atoms with Crippen LogP contribution < -0.4 is 10.1 Å². The number of alkyl halides is 3. The van der Waals surface area contributed by atoms with E-state index in [9.17, 15) is 18.0 Å². The van der Waals surface area contributed by atoms with Gasteiger partial charge in [-0.2, -0.15) is 13.2 Å². The molecule has 0 heterocycles. The van der Waals surface area contributed by atoms with Gasteiger partial charge in [-0.1, -0.05) is 42.2 Å². The summed E-state index contributed by atoms with van der Waals surface area (Å²) in [5.41, 5.74) is 0.230. The molecule has 1 amide bonds. The molecule has 0 saturated heterocycles. The Morgan fingerprint density at radius 2 is 1.89 bits per heavy atom. The van der Waals surface area contributed by atoms with Crippen LogP contribution in [0.15, 0.2) is 48.5 Å². The monoisotopic (exact) mass is 377 g/mol. The lowest BCUT2D eigenvalue weighted by Crippen LogP contribution is -2.24. The van der Waals surface area contributed by atoms with E-state index in [1.165, 1.54) is 13.2 Å². The molecule has 27 heavy (non-hydrogen) atoms. The molecule has 0 atom stereocenters. The molecular weight excluding hydrogens is 359 g/mol. The number of alkyl carbamates (subject to hydrolysis) is 1.